The first-order valence-electron chi connectivity index (χ1n) is 12.9. The number of aromatic nitrogens is 1. The van der Waals surface area contributed by atoms with Crippen molar-refractivity contribution in [3.05, 3.63) is 100 Å². The van der Waals surface area contributed by atoms with Gasteiger partial charge in [-0.2, -0.15) is 0 Å². The van der Waals surface area contributed by atoms with E-state index in [-0.39, 0.29) is 11.3 Å². The van der Waals surface area contributed by atoms with E-state index in [2.05, 4.69) is 0 Å². The summed E-state index contributed by atoms with van der Waals surface area (Å²) < 4.78 is 7.77. The Morgan fingerprint density at radius 1 is 0.947 bits per heavy atom. The van der Waals surface area contributed by atoms with Crippen LogP contribution in [0.3, 0.4) is 0 Å². The number of benzene rings is 3. The Hall–Kier alpha value is -4.32. The maximum Gasteiger partial charge on any atom is 0.300 e. The number of ether oxygens (including phenoxy) is 1. The molecule has 5 rings (SSSR count). The van der Waals surface area contributed by atoms with Crippen LogP contribution < -0.4 is 9.64 Å². The van der Waals surface area contributed by atoms with E-state index in [4.69, 9.17) is 4.74 Å². The van der Waals surface area contributed by atoms with Crippen molar-refractivity contribution in [2.24, 2.45) is 7.05 Å². The number of aliphatic hydroxyl groups excluding tert-OH is 1. The molecule has 2 heterocycles. The molecule has 1 aromatic heterocycles. The van der Waals surface area contributed by atoms with E-state index < -0.39 is 17.7 Å². The predicted molar refractivity (Wildman–Crippen MR) is 151 cm³/mol. The largest absolute Gasteiger partial charge is 0.507 e. The number of amides is 1. The van der Waals surface area contributed by atoms with Gasteiger partial charge in [-0.25, -0.2) is 0 Å². The molecule has 1 aliphatic heterocycles. The topological polar surface area (TPSA) is 71.8 Å². The predicted octanol–water partition coefficient (Wildman–Crippen LogP) is 6.52. The smallest absolute Gasteiger partial charge is 0.300 e. The Labute approximate surface area is 222 Å². The van der Waals surface area contributed by atoms with E-state index in [1.807, 2.05) is 88.0 Å². The van der Waals surface area contributed by atoms with Crippen LogP contribution in [-0.2, 0) is 16.6 Å². The highest BCUT2D eigenvalue weighted by Crippen LogP contribution is 2.45. The van der Waals surface area contributed by atoms with Crippen molar-refractivity contribution in [3.63, 3.8) is 0 Å². The molecule has 0 radical (unpaired) electrons. The summed E-state index contributed by atoms with van der Waals surface area (Å²) in [5.74, 6) is -0.836. The molecule has 6 heteroatoms. The van der Waals surface area contributed by atoms with Crippen LogP contribution in [0.2, 0.25) is 0 Å². The quantitative estimate of drug-likeness (QED) is 0.183. The molecule has 0 saturated carbocycles. The van der Waals surface area contributed by atoms with Gasteiger partial charge in [-0.1, -0.05) is 31.2 Å². The monoisotopic (exact) mass is 508 g/mol. The Morgan fingerprint density at radius 3 is 2.42 bits per heavy atom. The van der Waals surface area contributed by atoms with Crippen molar-refractivity contribution in [3.8, 4) is 5.75 Å². The highest BCUT2D eigenvalue weighted by molar-refractivity contribution is 6.52. The number of carbonyl (C=O) groups is 2. The zero-order valence-electron chi connectivity index (χ0n) is 22.4. The highest BCUT2D eigenvalue weighted by Gasteiger charge is 2.48. The zero-order chi connectivity index (χ0) is 27.1. The first-order chi connectivity index (χ1) is 18.2. The number of Topliss-reactive ketones (excluding diaryl/α,β-unsaturated/α-hetero) is 1. The average molecular weight is 509 g/mol. The minimum absolute atomic E-state index is 0.0752. The molecule has 38 heavy (non-hydrogen) atoms. The van der Waals surface area contributed by atoms with Crippen LogP contribution in [0, 0.1) is 20.8 Å². The molecule has 1 atom stereocenters. The van der Waals surface area contributed by atoms with Gasteiger partial charge in [0.25, 0.3) is 11.7 Å². The maximum atomic E-state index is 13.6. The SMILES string of the molecule is CCCOc1ccc(/C(O)=C2\C(=O)C(=O)N(c3ccc(C)c(C)c3)C2c2cn(C)c3ccccc23)cc1C. The van der Waals surface area contributed by atoms with Crippen LogP contribution in [0.1, 0.15) is 47.2 Å². The number of hydrogen-bond donors (Lipinski definition) is 1. The van der Waals surface area contributed by atoms with Crippen LogP contribution in [0.15, 0.2) is 72.4 Å². The van der Waals surface area contributed by atoms with Crippen LogP contribution in [0.4, 0.5) is 5.69 Å². The summed E-state index contributed by atoms with van der Waals surface area (Å²) in [6, 6.07) is 18.1. The number of aryl methyl sites for hydroxylation is 4. The lowest BCUT2D eigenvalue weighted by atomic mass is 9.94. The lowest BCUT2D eigenvalue weighted by molar-refractivity contribution is -0.132. The van der Waals surface area contributed by atoms with Crippen molar-refractivity contribution in [2.75, 3.05) is 11.5 Å². The Morgan fingerprint density at radius 2 is 1.71 bits per heavy atom. The molecule has 1 aliphatic rings. The molecule has 1 unspecified atom stereocenters. The molecule has 3 aromatic carbocycles. The van der Waals surface area contributed by atoms with Gasteiger partial charge in [0, 0.05) is 41.0 Å². The van der Waals surface area contributed by atoms with Gasteiger partial charge in [-0.3, -0.25) is 14.5 Å². The van der Waals surface area contributed by atoms with Crippen molar-refractivity contribution < 1.29 is 19.4 Å². The molecule has 1 N–H and O–H groups in total. The second kappa shape index (κ2) is 9.86. The molecule has 0 bridgehead atoms. The highest BCUT2D eigenvalue weighted by atomic mass is 16.5. The van der Waals surface area contributed by atoms with Gasteiger partial charge in [-0.15, -0.1) is 0 Å². The van der Waals surface area contributed by atoms with Gasteiger partial charge >= 0.3 is 0 Å². The molecule has 1 fully saturated rings. The van der Waals surface area contributed by atoms with E-state index in [1.165, 1.54) is 4.90 Å². The number of hydrogen-bond acceptors (Lipinski definition) is 4. The number of ketones is 1. The Balaban J connectivity index is 1.74. The second-order valence-electron chi connectivity index (χ2n) is 9.98. The fourth-order valence-corrected chi connectivity index (χ4v) is 5.19. The molecular weight excluding hydrogens is 476 g/mol. The number of carbonyl (C=O) groups excluding carboxylic acids is 2. The maximum absolute atomic E-state index is 13.6. The zero-order valence-corrected chi connectivity index (χ0v) is 22.4. The van der Waals surface area contributed by atoms with Crippen LogP contribution in [0.25, 0.3) is 16.7 Å². The number of fused-ring (bicyclic) bond motifs is 1. The number of rotatable bonds is 6. The third kappa shape index (κ3) is 4.16. The fourth-order valence-electron chi connectivity index (χ4n) is 5.19. The van der Waals surface area contributed by atoms with Crippen molar-refractivity contribution in [1.82, 2.24) is 4.57 Å². The summed E-state index contributed by atoms with van der Waals surface area (Å²) in [4.78, 5) is 28.8. The van der Waals surface area contributed by atoms with Gasteiger partial charge in [0.15, 0.2) is 0 Å². The number of anilines is 1. The molecule has 6 nitrogen and oxygen atoms in total. The molecule has 1 saturated heterocycles. The number of nitrogens with zero attached hydrogens (tertiary/aromatic N) is 2. The van der Waals surface area contributed by atoms with Gasteiger partial charge in [0.2, 0.25) is 0 Å². The third-order valence-corrected chi connectivity index (χ3v) is 7.35. The second-order valence-corrected chi connectivity index (χ2v) is 9.98. The van der Waals surface area contributed by atoms with Crippen molar-refractivity contribution in [1.29, 1.82) is 0 Å². The number of para-hydroxylation sites is 1. The first kappa shape index (κ1) is 25.3. The summed E-state index contributed by atoms with van der Waals surface area (Å²) in [6.07, 6.45) is 2.82. The Bertz CT molecular complexity index is 1610. The average Bonchev–Trinajstić information content (AvgIpc) is 3.37. The lowest BCUT2D eigenvalue weighted by Crippen LogP contribution is -2.29. The van der Waals surface area contributed by atoms with E-state index in [9.17, 15) is 14.7 Å². The minimum Gasteiger partial charge on any atom is -0.507 e. The Kier molecular flexibility index (Phi) is 6.57. The van der Waals surface area contributed by atoms with E-state index >= 15 is 0 Å². The summed E-state index contributed by atoms with van der Waals surface area (Å²) in [5.41, 5.74) is 5.86. The van der Waals surface area contributed by atoms with Crippen LogP contribution in [-0.4, -0.2) is 28.0 Å². The minimum atomic E-state index is -0.792. The van der Waals surface area contributed by atoms with Crippen molar-refractivity contribution >= 4 is 34.0 Å². The van der Waals surface area contributed by atoms with Crippen LogP contribution in [0.5, 0.6) is 5.75 Å². The van der Waals surface area contributed by atoms with E-state index in [0.29, 0.717) is 17.9 Å². The molecule has 4 aromatic rings. The van der Waals surface area contributed by atoms with Crippen LogP contribution >= 0.6 is 0 Å². The molecular formula is C32H32N2O4. The van der Waals surface area contributed by atoms with Gasteiger partial charge in [0.05, 0.1) is 18.2 Å². The summed E-state index contributed by atoms with van der Waals surface area (Å²) >= 11 is 0. The fraction of sp³-hybridized carbons (Fsp3) is 0.250. The van der Waals surface area contributed by atoms with Crippen molar-refractivity contribution in [2.45, 2.75) is 40.2 Å². The number of aliphatic hydroxyl groups is 1. The van der Waals surface area contributed by atoms with Gasteiger partial charge < -0.3 is 14.4 Å². The third-order valence-electron chi connectivity index (χ3n) is 7.35. The summed E-state index contributed by atoms with van der Waals surface area (Å²) in [7, 11) is 1.94. The molecule has 1 amide bonds. The molecule has 0 spiro atoms. The standard InChI is InChI=1S/C32H32N2O4/c1-6-15-38-27-14-12-22(16-21(27)4)30(35)28-29(25-18-33(5)26-10-8-7-9-24(25)26)34(32(37)31(28)36)23-13-11-19(2)20(3)17-23/h7-14,16-18,29,35H,6,15H2,1-5H3/b30-28+. The van der Waals surface area contributed by atoms with E-state index in [1.54, 1.807) is 18.2 Å². The normalized spacial score (nSPS) is 17.0. The van der Waals surface area contributed by atoms with Gasteiger partial charge in [0.1, 0.15) is 11.5 Å². The molecule has 0 aliphatic carbocycles. The summed E-state index contributed by atoms with van der Waals surface area (Å²) in [5, 5.41) is 12.5. The lowest BCUT2D eigenvalue weighted by Gasteiger charge is -2.25. The molecule has 194 valence electrons. The summed E-state index contributed by atoms with van der Waals surface area (Å²) in [6.45, 7) is 8.52. The van der Waals surface area contributed by atoms with E-state index in [0.717, 1.165) is 45.3 Å². The van der Waals surface area contributed by atoms with Gasteiger partial charge in [-0.05, 0) is 80.3 Å². The first-order valence-corrected chi connectivity index (χ1v) is 12.9.